The highest BCUT2D eigenvalue weighted by molar-refractivity contribution is 8.00. The van der Waals surface area contributed by atoms with Crippen molar-refractivity contribution >= 4 is 41.3 Å². The molecule has 1 fully saturated rings. The number of carboxylic acid groups (broad SMARTS) is 1. The van der Waals surface area contributed by atoms with Crippen LogP contribution in [0.15, 0.2) is 41.2 Å². The quantitative estimate of drug-likeness (QED) is 0.486. The number of halogens is 1. The molecule has 2 aliphatic heterocycles. The third-order valence-corrected chi connectivity index (χ3v) is 5.53. The van der Waals surface area contributed by atoms with E-state index < -0.39 is 35.4 Å². The molecule has 26 heavy (non-hydrogen) atoms. The zero-order valence-corrected chi connectivity index (χ0v) is 14.8. The van der Waals surface area contributed by atoms with Crippen molar-refractivity contribution in [2.45, 2.75) is 17.5 Å². The predicted molar refractivity (Wildman–Crippen MR) is 94.0 cm³/mol. The lowest BCUT2D eigenvalue weighted by molar-refractivity contribution is -0.149. The van der Waals surface area contributed by atoms with Gasteiger partial charge < -0.3 is 26.4 Å². The van der Waals surface area contributed by atoms with E-state index in [1.165, 1.54) is 11.8 Å². The molecule has 1 aromatic rings. The largest absolute Gasteiger partial charge is 0.512 e. The van der Waals surface area contributed by atoms with Crippen molar-refractivity contribution in [3.8, 4) is 0 Å². The van der Waals surface area contributed by atoms with E-state index in [2.05, 4.69) is 10.1 Å². The molecule has 0 aliphatic carbocycles. The number of nitrogens with zero attached hydrogens (tertiary/aromatic N) is 1. The number of benzene rings is 1. The second-order valence-corrected chi connectivity index (χ2v) is 6.92. The molecule has 2 aliphatic rings. The van der Waals surface area contributed by atoms with Crippen LogP contribution in [0.2, 0.25) is 0 Å². The van der Waals surface area contributed by atoms with Gasteiger partial charge in [0.15, 0.2) is 0 Å². The number of nitrogens with two attached hydrogens (primary N) is 1. The van der Waals surface area contributed by atoms with Crippen LogP contribution in [0.5, 0.6) is 0 Å². The molecule has 1 aromatic carbocycles. The lowest BCUT2D eigenvalue weighted by Gasteiger charge is -2.48. The van der Waals surface area contributed by atoms with E-state index in [0.29, 0.717) is 5.56 Å². The van der Waals surface area contributed by atoms with Gasteiger partial charge in [0.2, 0.25) is 11.8 Å². The topological polar surface area (TPSA) is 153 Å². The lowest BCUT2D eigenvalue weighted by Crippen LogP contribution is -2.70. The highest BCUT2D eigenvalue weighted by Crippen LogP contribution is 2.41. The summed E-state index contributed by atoms with van der Waals surface area (Å²) in [5.74, 6) is -0.928. The van der Waals surface area contributed by atoms with Crippen molar-refractivity contribution in [3.63, 3.8) is 0 Å². The molecule has 3 rings (SSSR count). The predicted octanol–water partition coefficient (Wildman–Crippen LogP) is 0.364. The average molecular weight is 402 g/mol. The molecule has 2 unspecified atom stereocenters. The van der Waals surface area contributed by atoms with Gasteiger partial charge in [0.05, 0.1) is 5.03 Å². The molecule has 6 N–H and O–H groups in total. The minimum absolute atomic E-state index is 0. The smallest absolute Gasteiger partial charge is 0.449 e. The molecule has 11 heteroatoms. The Morgan fingerprint density at radius 2 is 2.04 bits per heavy atom. The van der Waals surface area contributed by atoms with E-state index in [4.69, 9.17) is 22.4 Å². The van der Waals surface area contributed by atoms with Gasteiger partial charge in [-0.2, -0.15) is 0 Å². The monoisotopic (exact) mass is 401 g/mol. The molecule has 9 nitrogen and oxygen atoms in total. The Hall–Kier alpha value is -2.27. The van der Waals surface area contributed by atoms with Crippen LogP contribution in [0, 0.1) is 0 Å². The number of hydrogen-bond acceptors (Lipinski definition) is 6. The molecule has 0 saturated carbocycles. The number of amides is 2. The Morgan fingerprint density at radius 1 is 1.38 bits per heavy atom. The van der Waals surface area contributed by atoms with Crippen LogP contribution in [0.3, 0.4) is 0 Å². The first-order chi connectivity index (χ1) is 11.9. The van der Waals surface area contributed by atoms with E-state index in [1.807, 2.05) is 0 Å². The third-order valence-electron chi connectivity index (χ3n) is 3.80. The van der Waals surface area contributed by atoms with Gasteiger partial charge in [0, 0.05) is 5.75 Å². The Kier molecular flexibility index (Phi) is 6.13. The molecule has 0 aromatic heterocycles. The molecule has 0 radical (unpaired) electrons. The van der Waals surface area contributed by atoms with Crippen LogP contribution < -0.4 is 11.1 Å². The van der Waals surface area contributed by atoms with Gasteiger partial charge in [-0.05, 0) is 5.56 Å². The van der Waals surface area contributed by atoms with Crippen molar-refractivity contribution in [1.82, 2.24) is 10.2 Å². The Balaban J connectivity index is 0.00000243. The maximum absolute atomic E-state index is 12.3. The first kappa shape index (κ1) is 20.0. The summed E-state index contributed by atoms with van der Waals surface area (Å²) in [6, 6.07) is 7.04. The fraction of sp³-hybridized carbons (Fsp3) is 0.267. The summed E-state index contributed by atoms with van der Waals surface area (Å²) < 4.78 is 4.60. The van der Waals surface area contributed by atoms with Crippen LogP contribution in [0.1, 0.15) is 11.6 Å². The number of carbonyl (C=O) groups is 3. The molecule has 140 valence electrons. The fourth-order valence-electron chi connectivity index (χ4n) is 2.58. The van der Waals surface area contributed by atoms with E-state index in [9.17, 15) is 14.4 Å². The first-order valence-electron chi connectivity index (χ1n) is 7.25. The highest BCUT2D eigenvalue weighted by atomic mass is 35.5. The number of thioether (sulfide) groups is 1. The molecular formula is C15H16ClN3O6S. The van der Waals surface area contributed by atoms with Crippen LogP contribution in [-0.4, -0.2) is 50.6 Å². The standard InChI is InChI=1S/C15H14ClN3O5S.H2O/c16-8-6-25-14-10(12(21)19(14)13(8)24-15(22)23)18-11(20)9(17)7-4-2-1-3-5-7;/h1-5,9-10,14H,6,17H2,(H,18,20)(H,22,23);1H2/t9?,10?,14-;/m0./s1. The number of fused-ring (bicyclic) bond motifs is 1. The van der Waals surface area contributed by atoms with E-state index in [1.54, 1.807) is 30.3 Å². The number of rotatable bonds is 4. The Labute approximate surface area is 157 Å². The van der Waals surface area contributed by atoms with Gasteiger partial charge in [-0.25, -0.2) is 4.79 Å². The number of hydrogen-bond donors (Lipinski definition) is 3. The van der Waals surface area contributed by atoms with Crippen molar-refractivity contribution in [2.75, 3.05) is 5.75 Å². The van der Waals surface area contributed by atoms with Crippen LogP contribution in [0.25, 0.3) is 0 Å². The lowest BCUT2D eigenvalue weighted by atomic mass is 10.0. The summed E-state index contributed by atoms with van der Waals surface area (Å²) in [5, 5.41) is 11.0. The molecule has 0 spiro atoms. The normalized spacial score (nSPS) is 22.5. The van der Waals surface area contributed by atoms with Crippen LogP contribution in [-0.2, 0) is 14.3 Å². The summed E-state index contributed by atoms with van der Waals surface area (Å²) in [4.78, 5) is 36.5. The summed E-state index contributed by atoms with van der Waals surface area (Å²) in [7, 11) is 0. The van der Waals surface area contributed by atoms with E-state index in [0.717, 1.165) is 4.90 Å². The average Bonchev–Trinajstić information content (AvgIpc) is 2.60. The fourth-order valence-corrected chi connectivity index (χ4v) is 4.06. The van der Waals surface area contributed by atoms with Crippen molar-refractivity contribution in [3.05, 3.63) is 46.8 Å². The van der Waals surface area contributed by atoms with Gasteiger partial charge in [-0.3, -0.25) is 14.5 Å². The van der Waals surface area contributed by atoms with Crippen molar-refractivity contribution in [1.29, 1.82) is 0 Å². The second-order valence-electron chi connectivity index (χ2n) is 5.36. The number of nitrogens with one attached hydrogen (secondary N) is 1. The highest BCUT2D eigenvalue weighted by Gasteiger charge is 2.54. The van der Waals surface area contributed by atoms with E-state index >= 15 is 0 Å². The Morgan fingerprint density at radius 3 is 2.65 bits per heavy atom. The molecule has 2 heterocycles. The van der Waals surface area contributed by atoms with E-state index in [-0.39, 0.29) is 22.1 Å². The minimum atomic E-state index is -1.56. The van der Waals surface area contributed by atoms with Gasteiger partial charge in [0.25, 0.3) is 5.91 Å². The Bertz CT molecular complexity index is 759. The van der Waals surface area contributed by atoms with Gasteiger partial charge in [-0.1, -0.05) is 41.9 Å². The summed E-state index contributed by atoms with van der Waals surface area (Å²) in [6.07, 6.45) is -1.56. The third kappa shape index (κ3) is 3.63. The maximum atomic E-state index is 12.3. The van der Waals surface area contributed by atoms with Gasteiger partial charge >= 0.3 is 6.16 Å². The number of ether oxygens (including phenoxy) is 1. The van der Waals surface area contributed by atoms with Crippen molar-refractivity contribution < 1.29 is 29.7 Å². The summed E-state index contributed by atoms with van der Waals surface area (Å²) in [5.41, 5.74) is 6.54. The van der Waals surface area contributed by atoms with Gasteiger partial charge in [0.1, 0.15) is 17.5 Å². The van der Waals surface area contributed by atoms with Crippen LogP contribution in [0.4, 0.5) is 4.79 Å². The maximum Gasteiger partial charge on any atom is 0.512 e. The summed E-state index contributed by atoms with van der Waals surface area (Å²) >= 11 is 7.24. The summed E-state index contributed by atoms with van der Waals surface area (Å²) in [6.45, 7) is 0. The molecule has 0 bridgehead atoms. The molecule has 1 saturated heterocycles. The SMILES string of the molecule is NC(C(=O)NC1C(=O)N2C(OC(=O)O)=C(Cl)CS[C@@H]12)c1ccccc1.O. The molecule has 3 atom stereocenters. The van der Waals surface area contributed by atoms with Crippen molar-refractivity contribution in [2.24, 2.45) is 5.73 Å². The minimum Gasteiger partial charge on any atom is -0.449 e. The van der Waals surface area contributed by atoms with Crippen LogP contribution >= 0.6 is 23.4 Å². The zero-order chi connectivity index (χ0) is 18.1. The second kappa shape index (κ2) is 7.96. The molecular weight excluding hydrogens is 386 g/mol. The number of carbonyl (C=O) groups excluding carboxylic acids is 2. The first-order valence-corrected chi connectivity index (χ1v) is 8.68. The molecule has 2 amide bonds. The zero-order valence-electron chi connectivity index (χ0n) is 13.2. The number of β-lactam (4-membered cyclic amide) rings is 1. The van der Waals surface area contributed by atoms with Gasteiger partial charge in [-0.15, -0.1) is 11.8 Å².